The van der Waals surface area contributed by atoms with Crippen LogP contribution in [-0.4, -0.2) is 43.1 Å². The van der Waals surface area contributed by atoms with Crippen molar-refractivity contribution in [3.05, 3.63) is 22.6 Å². The molecule has 3 aliphatic rings. The van der Waals surface area contributed by atoms with Crippen LogP contribution in [0.3, 0.4) is 0 Å². The summed E-state index contributed by atoms with van der Waals surface area (Å²) in [6.45, 7) is 7.50. The van der Waals surface area contributed by atoms with E-state index in [1.54, 1.807) is 11.3 Å². The number of thiophene rings is 1. The van der Waals surface area contributed by atoms with E-state index in [1.807, 2.05) is 0 Å². The maximum Gasteiger partial charge on any atom is 0.317 e. The number of nitrogens with zero attached hydrogens (tertiary/aromatic N) is 2. The van der Waals surface area contributed by atoms with Crippen molar-refractivity contribution < 1.29 is 9.53 Å². The second-order valence-electron chi connectivity index (χ2n) is 7.23. The van der Waals surface area contributed by atoms with Crippen LogP contribution in [-0.2, 0) is 11.2 Å². The summed E-state index contributed by atoms with van der Waals surface area (Å²) in [7, 11) is 0. The Balaban J connectivity index is 1.57. The Morgan fingerprint density at radius 1 is 1.35 bits per heavy atom. The molecule has 4 rings (SSSR count). The van der Waals surface area contributed by atoms with Gasteiger partial charge in [0.15, 0.2) is 0 Å². The fourth-order valence-electron chi connectivity index (χ4n) is 4.21. The van der Waals surface area contributed by atoms with E-state index in [4.69, 9.17) is 21.3 Å². The van der Waals surface area contributed by atoms with E-state index in [-0.39, 0.29) is 5.92 Å². The summed E-state index contributed by atoms with van der Waals surface area (Å²) in [6, 6.07) is -0.576. The van der Waals surface area contributed by atoms with Crippen LogP contribution in [0.2, 0.25) is 0 Å². The van der Waals surface area contributed by atoms with Gasteiger partial charge in [-0.25, -0.2) is 4.79 Å². The molecule has 3 heterocycles. The average Bonchev–Trinajstić information content (AvgIpc) is 3.15. The minimum absolute atomic E-state index is 0.283. The van der Waals surface area contributed by atoms with Crippen LogP contribution in [0.25, 0.3) is 5.70 Å². The lowest BCUT2D eigenvalue weighted by molar-refractivity contribution is 0.0541. The first kappa shape index (κ1) is 17.4. The number of urea groups is 1. The van der Waals surface area contributed by atoms with Crippen LogP contribution < -0.4 is 16.8 Å². The fraction of sp³-hybridized carbons (Fsp3) is 0.556. The molecule has 5 N–H and O–H groups in total. The molecule has 0 aromatic carbocycles. The van der Waals surface area contributed by atoms with E-state index >= 15 is 0 Å². The van der Waals surface area contributed by atoms with E-state index in [1.165, 1.54) is 16.2 Å². The first-order valence-corrected chi connectivity index (χ1v) is 9.91. The van der Waals surface area contributed by atoms with Gasteiger partial charge in [0, 0.05) is 48.2 Å². The smallest absolute Gasteiger partial charge is 0.317 e. The Labute approximate surface area is 157 Å². The number of carbonyl (C=O) groups excluding carboxylic acids is 1. The zero-order valence-electron chi connectivity index (χ0n) is 14.8. The number of ether oxygens (including phenoxy) is 1. The Morgan fingerprint density at radius 3 is 2.81 bits per heavy atom. The zero-order valence-corrected chi connectivity index (χ0v) is 15.6. The van der Waals surface area contributed by atoms with E-state index in [2.05, 4.69) is 16.9 Å². The van der Waals surface area contributed by atoms with Crippen LogP contribution in [0.4, 0.5) is 9.80 Å². The van der Waals surface area contributed by atoms with E-state index in [9.17, 15) is 4.79 Å². The Bertz CT molecular complexity index is 766. The number of hydrogen-bond acceptors (Lipinski definition) is 6. The van der Waals surface area contributed by atoms with Gasteiger partial charge in [-0.1, -0.05) is 6.58 Å². The van der Waals surface area contributed by atoms with Gasteiger partial charge in [-0.15, -0.1) is 11.3 Å². The van der Waals surface area contributed by atoms with Crippen molar-refractivity contribution in [1.29, 1.82) is 0 Å². The number of anilines is 1. The number of nitrogens with one attached hydrogen (secondary N) is 1. The molecule has 0 bridgehead atoms. The number of primary amides is 1. The van der Waals surface area contributed by atoms with Gasteiger partial charge in [-0.05, 0) is 37.2 Å². The molecular weight excluding hydrogens is 350 g/mol. The van der Waals surface area contributed by atoms with E-state index in [0.717, 1.165) is 57.6 Å². The van der Waals surface area contributed by atoms with Crippen molar-refractivity contribution >= 4 is 33.8 Å². The van der Waals surface area contributed by atoms with Crippen molar-refractivity contribution in [2.75, 3.05) is 31.6 Å². The molecule has 0 radical (unpaired) electrons. The molecule has 1 fully saturated rings. The standard InChI is InChI=1S/C18H25N5O2S/c1-10(19)15-12-2-3-14-13(16(12)26-17(15)21-18(20)24)9-23(22-14)8-11-4-6-25-7-5-11/h11,13H,1-9,19H2,(H3,20,21,24). The first-order valence-electron chi connectivity index (χ1n) is 9.09. The summed E-state index contributed by atoms with van der Waals surface area (Å²) < 4.78 is 5.46. The summed E-state index contributed by atoms with van der Waals surface area (Å²) in [6.07, 6.45) is 4.02. The lowest BCUT2D eigenvalue weighted by Gasteiger charge is -2.26. The molecule has 1 aromatic rings. The Morgan fingerprint density at radius 2 is 2.12 bits per heavy atom. The molecule has 26 heavy (non-hydrogen) atoms. The SMILES string of the molecule is C=C(N)c1c(NC(N)=O)sc2c1CCC1=NN(CC3CCOCC3)CC12. The van der Waals surface area contributed by atoms with Gasteiger partial charge in [0.2, 0.25) is 0 Å². The quantitative estimate of drug-likeness (QED) is 0.751. The van der Waals surface area contributed by atoms with Gasteiger partial charge in [0.1, 0.15) is 5.00 Å². The molecule has 8 heteroatoms. The highest BCUT2D eigenvalue weighted by Gasteiger charge is 2.37. The summed E-state index contributed by atoms with van der Waals surface area (Å²) >= 11 is 1.56. The number of amides is 2. The van der Waals surface area contributed by atoms with Gasteiger partial charge in [0.05, 0.1) is 5.92 Å². The monoisotopic (exact) mass is 375 g/mol. The topological polar surface area (TPSA) is 106 Å². The van der Waals surface area contributed by atoms with Gasteiger partial charge in [0.25, 0.3) is 0 Å². The van der Waals surface area contributed by atoms with Crippen molar-refractivity contribution in [3.63, 3.8) is 0 Å². The molecule has 140 valence electrons. The summed E-state index contributed by atoms with van der Waals surface area (Å²) in [5.74, 6) is 0.938. The molecule has 0 saturated carbocycles. The molecule has 0 spiro atoms. The third-order valence-corrected chi connectivity index (χ3v) is 6.68. The highest BCUT2D eigenvalue weighted by atomic mass is 32.1. The third kappa shape index (κ3) is 3.19. The first-order chi connectivity index (χ1) is 12.5. The highest BCUT2D eigenvalue weighted by molar-refractivity contribution is 7.17. The molecule has 1 aliphatic carbocycles. The molecule has 1 aromatic heterocycles. The summed E-state index contributed by atoms with van der Waals surface area (Å²) in [5, 5.41) is 10.5. The third-order valence-electron chi connectivity index (χ3n) is 5.42. The zero-order chi connectivity index (χ0) is 18.3. The molecule has 2 amide bonds. The molecule has 7 nitrogen and oxygen atoms in total. The minimum atomic E-state index is -0.576. The maximum atomic E-state index is 11.4. The molecule has 1 unspecified atom stereocenters. The van der Waals surface area contributed by atoms with E-state index < -0.39 is 6.03 Å². The molecule has 1 atom stereocenters. The molecule has 1 saturated heterocycles. The van der Waals surface area contributed by atoms with Crippen molar-refractivity contribution in [2.45, 2.75) is 31.6 Å². The number of nitrogens with two attached hydrogens (primary N) is 2. The molecule has 2 aliphatic heterocycles. The average molecular weight is 375 g/mol. The fourth-order valence-corrected chi connectivity index (χ4v) is 5.62. The maximum absolute atomic E-state index is 11.4. The van der Waals surface area contributed by atoms with E-state index in [0.29, 0.717) is 16.6 Å². The van der Waals surface area contributed by atoms with Crippen molar-refractivity contribution in [2.24, 2.45) is 22.5 Å². The van der Waals surface area contributed by atoms with Gasteiger partial charge < -0.3 is 16.2 Å². The summed E-state index contributed by atoms with van der Waals surface area (Å²) in [5.41, 5.74) is 15.1. The number of fused-ring (bicyclic) bond motifs is 3. The number of carbonyl (C=O) groups is 1. The highest BCUT2D eigenvalue weighted by Crippen LogP contribution is 2.46. The van der Waals surface area contributed by atoms with Crippen LogP contribution in [0.1, 0.15) is 41.2 Å². The number of rotatable bonds is 4. The van der Waals surface area contributed by atoms with Gasteiger partial charge in [-0.2, -0.15) is 5.10 Å². The predicted octanol–water partition coefficient (Wildman–Crippen LogP) is 2.30. The second-order valence-corrected chi connectivity index (χ2v) is 8.29. The van der Waals surface area contributed by atoms with Gasteiger partial charge in [-0.3, -0.25) is 10.3 Å². The van der Waals surface area contributed by atoms with Crippen LogP contribution in [0.5, 0.6) is 0 Å². The van der Waals surface area contributed by atoms with Gasteiger partial charge >= 0.3 is 6.03 Å². The summed E-state index contributed by atoms with van der Waals surface area (Å²) in [4.78, 5) is 12.6. The van der Waals surface area contributed by atoms with Crippen molar-refractivity contribution in [1.82, 2.24) is 5.01 Å². The van der Waals surface area contributed by atoms with Crippen molar-refractivity contribution in [3.8, 4) is 0 Å². The number of hydrogen-bond donors (Lipinski definition) is 3. The lowest BCUT2D eigenvalue weighted by Crippen LogP contribution is -2.29. The molecular formula is C18H25N5O2S. The van der Waals surface area contributed by atoms with Crippen LogP contribution in [0, 0.1) is 5.92 Å². The minimum Gasteiger partial charge on any atom is -0.399 e. The Hall–Kier alpha value is -2.06. The lowest BCUT2D eigenvalue weighted by atomic mass is 9.85. The number of hydrazone groups is 1. The van der Waals surface area contributed by atoms with Crippen LogP contribution >= 0.6 is 11.3 Å². The predicted molar refractivity (Wildman–Crippen MR) is 104 cm³/mol. The second kappa shape index (κ2) is 6.92. The Kier molecular flexibility index (Phi) is 4.62. The largest absolute Gasteiger partial charge is 0.399 e. The van der Waals surface area contributed by atoms with Crippen LogP contribution in [0.15, 0.2) is 11.7 Å². The normalized spacial score (nSPS) is 22.5.